The summed E-state index contributed by atoms with van der Waals surface area (Å²) in [5.41, 5.74) is 8.87. The number of benzene rings is 1. The molecule has 0 fully saturated rings. The molecule has 3 aromatic rings. The van der Waals surface area contributed by atoms with Crippen LogP contribution in [-0.2, 0) is 11.2 Å². The lowest BCUT2D eigenvalue weighted by atomic mass is 9.99. The zero-order valence-corrected chi connectivity index (χ0v) is 16.6. The Labute approximate surface area is 174 Å². The van der Waals surface area contributed by atoms with E-state index >= 15 is 0 Å². The molecule has 2 heterocycles. The number of primary amides is 1. The number of fused-ring (bicyclic) bond motifs is 1. The number of hydrogen-bond acceptors (Lipinski definition) is 5. The van der Waals surface area contributed by atoms with E-state index in [0.29, 0.717) is 23.3 Å². The van der Waals surface area contributed by atoms with Crippen LogP contribution in [0.1, 0.15) is 45.6 Å². The molecule has 1 aliphatic carbocycles. The molecule has 152 valence electrons. The molecular weight excluding hydrogens is 380 g/mol. The lowest BCUT2D eigenvalue weighted by molar-refractivity contribution is -0.123. The molecule has 1 aliphatic rings. The first kappa shape index (κ1) is 19.6. The lowest BCUT2D eigenvalue weighted by Gasteiger charge is -2.35. The number of pyridine rings is 2. The van der Waals surface area contributed by atoms with Crippen LogP contribution in [0, 0.1) is 0 Å². The number of carbonyl (C=O) groups is 2. The summed E-state index contributed by atoms with van der Waals surface area (Å²) in [6.07, 6.45) is 7.75. The summed E-state index contributed by atoms with van der Waals surface area (Å²) in [6, 6.07) is 11.4. The van der Waals surface area contributed by atoms with Gasteiger partial charge in [0.05, 0.1) is 18.7 Å². The fourth-order valence-corrected chi connectivity index (χ4v) is 4.05. The Morgan fingerprint density at radius 1 is 1.13 bits per heavy atom. The smallest absolute Gasteiger partial charge is 0.256 e. The maximum atomic E-state index is 13.6. The molecule has 0 spiro atoms. The number of nitrogens with two attached hydrogens (primary N) is 1. The predicted octanol–water partition coefficient (Wildman–Crippen LogP) is 2.84. The van der Waals surface area contributed by atoms with Crippen molar-refractivity contribution in [3.63, 3.8) is 0 Å². The van der Waals surface area contributed by atoms with Gasteiger partial charge in [-0.15, -0.1) is 0 Å². The topological polar surface area (TPSA) is 98.4 Å². The third-order valence-electron chi connectivity index (χ3n) is 5.43. The van der Waals surface area contributed by atoms with Crippen LogP contribution < -0.4 is 10.5 Å². The molecule has 7 heteroatoms. The third kappa shape index (κ3) is 3.61. The Kier molecular flexibility index (Phi) is 5.43. The van der Waals surface area contributed by atoms with E-state index in [2.05, 4.69) is 9.97 Å². The Hall–Kier alpha value is -3.74. The van der Waals surface area contributed by atoms with Crippen molar-refractivity contribution in [1.82, 2.24) is 14.9 Å². The van der Waals surface area contributed by atoms with E-state index in [-0.39, 0.29) is 11.9 Å². The van der Waals surface area contributed by atoms with E-state index in [1.54, 1.807) is 54.9 Å². The van der Waals surface area contributed by atoms with Crippen molar-refractivity contribution in [2.75, 3.05) is 7.11 Å². The van der Waals surface area contributed by atoms with E-state index < -0.39 is 11.9 Å². The standard InChI is InChI=1S/C23H22N4O3/c1-30-18-8-6-15-7-9-20(19(15)12-18)27(23(29)17-5-3-11-26-14-17)21(22(24)28)16-4-2-10-25-13-16/h2-6,8,10-14,20-21H,7,9H2,1H3,(H2,24,28)/t20-,21-/m1/s1. The van der Waals surface area contributed by atoms with Crippen molar-refractivity contribution >= 4 is 11.8 Å². The summed E-state index contributed by atoms with van der Waals surface area (Å²) < 4.78 is 5.39. The molecule has 0 unspecified atom stereocenters. The second-order valence-corrected chi connectivity index (χ2v) is 7.16. The molecule has 0 saturated carbocycles. The van der Waals surface area contributed by atoms with Gasteiger partial charge in [-0.3, -0.25) is 19.6 Å². The highest BCUT2D eigenvalue weighted by Gasteiger charge is 2.39. The van der Waals surface area contributed by atoms with Gasteiger partial charge >= 0.3 is 0 Å². The summed E-state index contributed by atoms with van der Waals surface area (Å²) in [6.45, 7) is 0. The maximum absolute atomic E-state index is 13.6. The quantitative estimate of drug-likeness (QED) is 0.684. The van der Waals surface area contributed by atoms with Crippen LogP contribution in [0.25, 0.3) is 0 Å². The Balaban J connectivity index is 1.85. The normalized spacial score (nSPS) is 15.8. The van der Waals surface area contributed by atoms with Crippen LogP contribution in [0.15, 0.2) is 67.3 Å². The van der Waals surface area contributed by atoms with Gasteiger partial charge in [-0.25, -0.2) is 0 Å². The second-order valence-electron chi connectivity index (χ2n) is 7.16. The number of methoxy groups -OCH3 is 1. The van der Waals surface area contributed by atoms with Gasteiger partial charge in [-0.1, -0.05) is 12.1 Å². The van der Waals surface area contributed by atoms with E-state index in [1.807, 2.05) is 18.2 Å². The highest BCUT2D eigenvalue weighted by Crippen LogP contribution is 2.42. The molecule has 2 aromatic heterocycles. The summed E-state index contributed by atoms with van der Waals surface area (Å²) in [4.78, 5) is 36.0. The maximum Gasteiger partial charge on any atom is 0.256 e. The molecule has 2 atom stereocenters. The first-order valence-corrected chi connectivity index (χ1v) is 9.69. The van der Waals surface area contributed by atoms with E-state index in [0.717, 1.165) is 17.5 Å². The second kappa shape index (κ2) is 8.32. The largest absolute Gasteiger partial charge is 0.497 e. The molecule has 2 amide bonds. The lowest BCUT2D eigenvalue weighted by Crippen LogP contribution is -2.43. The molecular formula is C23H22N4O3. The van der Waals surface area contributed by atoms with Crippen molar-refractivity contribution in [2.45, 2.75) is 24.9 Å². The highest BCUT2D eigenvalue weighted by atomic mass is 16.5. The summed E-state index contributed by atoms with van der Waals surface area (Å²) in [7, 11) is 1.60. The first-order valence-electron chi connectivity index (χ1n) is 9.69. The van der Waals surface area contributed by atoms with Gasteiger partial charge < -0.3 is 15.4 Å². The number of aryl methyl sites for hydroxylation is 1. The summed E-state index contributed by atoms with van der Waals surface area (Å²) in [5.74, 6) is -0.223. The van der Waals surface area contributed by atoms with Gasteiger partial charge in [0.2, 0.25) is 5.91 Å². The van der Waals surface area contributed by atoms with E-state index in [1.165, 1.54) is 6.20 Å². The van der Waals surface area contributed by atoms with E-state index in [4.69, 9.17) is 10.5 Å². The first-order chi connectivity index (χ1) is 14.6. The van der Waals surface area contributed by atoms with Gasteiger partial charge in [0.1, 0.15) is 11.8 Å². The predicted molar refractivity (Wildman–Crippen MR) is 111 cm³/mol. The number of amides is 2. The third-order valence-corrected chi connectivity index (χ3v) is 5.43. The number of carbonyl (C=O) groups excluding carboxylic acids is 2. The molecule has 4 rings (SSSR count). The summed E-state index contributed by atoms with van der Waals surface area (Å²) in [5, 5.41) is 0. The molecule has 0 radical (unpaired) electrons. The minimum atomic E-state index is -0.964. The summed E-state index contributed by atoms with van der Waals surface area (Å²) >= 11 is 0. The minimum absolute atomic E-state index is 0.309. The Bertz CT molecular complexity index is 1060. The average Bonchev–Trinajstić information content (AvgIpc) is 3.20. The van der Waals surface area contributed by atoms with Crippen molar-refractivity contribution in [1.29, 1.82) is 0 Å². The van der Waals surface area contributed by atoms with Crippen LogP contribution in [0.4, 0.5) is 0 Å². The molecule has 0 aliphatic heterocycles. The van der Waals surface area contributed by atoms with Gasteiger partial charge in [0, 0.05) is 30.4 Å². The molecule has 1 aromatic carbocycles. The van der Waals surface area contributed by atoms with Crippen LogP contribution in [0.5, 0.6) is 5.75 Å². The molecule has 0 bridgehead atoms. The van der Waals surface area contributed by atoms with Gasteiger partial charge in [0.25, 0.3) is 5.91 Å². The number of hydrogen-bond donors (Lipinski definition) is 1. The van der Waals surface area contributed by atoms with Crippen molar-refractivity contribution < 1.29 is 14.3 Å². The van der Waals surface area contributed by atoms with Gasteiger partial charge in [-0.05, 0) is 54.3 Å². The monoisotopic (exact) mass is 402 g/mol. The van der Waals surface area contributed by atoms with Crippen LogP contribution in [0.3, 0.4) is 0 Å². The van der Waals surface area contributed by atoms with Gasteiger partial charge in [-0.2, -0.15) is 0 Å². The van der Waals surface area contributed by atoms with Crippen molar-refractivity contribution in [2.24, 2.45) is 5.73 Å². The molecule has 7 nitrogen and oxygen atoms in total. The average molecular weight is 402 g/mol. The Morgan fingerprint density at radius 2 is 1.90 bits per heavy atom. The van der Waals surface area contributed by atoms with Crippen LogP contribution >= 0.6 is 0 Å². The van der Waals surface area contributed by atoms with Crippen molar-refractivity contribution in [3.8, 4) is 5.75 Å². The fourth-order valence-electron chi connectivity index (χ4n) is 4.05. The molecule has 2 N–H and O–H groups in total. The minimum Gasteiger partial charge on any atom is -0.497 e. The van der Waals surface area contributed by atoms with Crippen LogP contribution in [-0.4, -0.2) is 33.8 Å². The number of nitrogens with zero attached hydrogens (tertiary/aromatic N) is 3. The van der Waals surface area contributed by atoms with Gasteiger partial charge in [0.15, 0.2) is 0 Å². The molecule has 0 saturated heterocycles. The fraction of sp³-hybridized carbons (Fsp3) is 0.217. The molecule has 30 heavy (non-hydrogen) atoms. The number of aromatic nitrogens is 2. The van der Waals surface area contributed by atoms with Crippen LogP contribution in [0.2, 0.25) is 0 Å². The number of ether oxygens (including phenoxy) is 1. The SMILES string of the molecule is COc1ccc2c(c1)[C@H](N(C(=O)c1cccnc1)[C@@H](C(N)=O)c1cccnc1)CC2. The highest BCUT2D eigenvalue weighted by molar-refractivity contribution is 5.97. The zero-order valence-electron chi connectivity index (χ0n) is 16.6. The number of rotatable bonds is 6. The zero-order chi connectivity index (χ0) is 21.1. The van der Waals surface area contributed by atoms with Crippen molar-refractivity contribution in [3.05, 3.63) is 89.5 Å². The van der Waals surface area contributed by atoms with E-state index in [9.17, 15) is 9.59 Å². The Morgan fingerprint density at radius 3 is 2.53 bits per heavy atom.